The average molecular weight is 340 g/mol. The van der Waals surface area contributed by atoms with Gasteiger partial charge in [-0.25, -0.2) is 13.1 Å². The molecule has 1 aromatic heterocycles. The molecule has 0 aliphatic carbocycles. The standard InChI is InChI=1S/C11H18BrNO2S2/c1-3-9(12)7-8-13-17(14,15)11-6-5-10(4-2)16-11/h5-6,9,13H,3-4,7-8H2,1-2H3. The molecular formula is C11H18BrNO2S2. The van der Waals surface area contributed by atoms with Crippen LogP contribution in [0.4, 0.5) is 0 Å². The van der Waals surface area contributed by atoms with Gasteiger partial charge in [-0.3, -0.25) is 0 Å². The van der Waals surface area contributed by atoms with E-state index < -0.39 is 10.0 Å². The van der Waals surface area contributed by atoms with Crippen molar-refractivity contribution >= 4 is 37.3 Å². The van der Waals surface area contributed by atoms with E-state index in [2.05, 4.69) is 27.6 Å². The fraction of sp³-hybridized carbons (Fsp3) is 0.636. The number of rotatable bonds is 7. The first-order valence-corrected chi connectivity index (χ1v) is 8.93. The summed E-state index contributed by atoms with van der Waals surface area (Å²) >= 11 is 4.83. The van der Waals surface area contributed by atoms with Gasteiger partial charge in [0.25, 0.3) is 0 Å². The molecule has 98 valence electrons. The van der Waals surface area contributed by atoms with Crippen LogP contribution in [0.15, 0.2) is 16.3 Å². The highest BCUT2D eigenvalue weighted by molar-refractivity contribution is 9.09. The van der Waals surface area contributed by atoms with Gasteiger partial charge in [0.2, 0.25) is 10.0 Å². The Hall–Kier alpha value is 0.0900. The summed E-state index contributed by atoms with van der Waals surface area (Å²) in [6, 6.07) is 3.55. The molecule has 17 heavy (non-hydrogen) atoms. The van der Waals surface area contributed by atoms with Crippen LogP contribution in [0.5, 0.6) is 0 Å². The van der Waals surface area contributed by atoms with Crippen molar-refractivity contribution in [2.75, 3.05) is 6.54 Å². The molecule has 0 bridgehead atoms. The summed E-state index contributed by atoms with van der Waals surface area (Å²) in [5, 5.41) is 0. The highest BCUT2D eigenvalue weighted by Gasteiger charge is 2.16. The molecule has 1 heterocycles. The van der Waals surface area contributed by atoms with E-state index in [1.807, 2.05) is 13.0 Å². The number of sulfonamides is 1. The highest BCUT2D eigenvalue weighted by Crippen LogP contribution is 2.21. The van der Waals surface area contributed by atoms with Crippen LogP contribution >= 0.6 is 27.3 Å². The summed E-state index contributed by atoms with van der Waals surface area (Å²) < 4.78 is 26.9. The lowest BCUT2D eigenvalue weighted by Gasteiger charge is -2.07. The minimum atomic E-state index is -3.31. The van der Waals surface area contributed by atoms with Crippen LogP contribution in [-0.4, -0.2) is 19.8 Å². The second-order valence-corrected chi connectivity index (χ2v) is 8.22. The molecule has 0 aromatic carbocycles. The first-order chi connectivity index (χ1) is 7.99. The summed E-state index contributed by atoms with van der Waals surface area (Å²) in [5.41, 5.74) is 0. The summed E-state index contributed by atoms with van der Waals surface area (Å²) in [6.07, 6.45) is 2.68. The molecule has 1 rings (SSSR count). The van der Waals surface area contributed by atoms with Gasteiger partial charge in [0.15, 0.2) is 0 Å². The molecule has 0 saturated heterocycles. The minimum absolute atomic E-state index is 0.375. The Kier molecular flexibility index (Phi) is 6.12. The van der Waals surface area contributed by atoms with Gasteiger partial charge < -0.3 is 0 Å². The molecule has 3 nitrogen and oxygen atoms in total. The third-order valence-electron chi connectivity index (χ3n) is 2.44. The number of halogens is 1. The number of aryl methyl sites for hydroxylation is 1. The van der Waals surface area contributed by atoms with E-state index in [9.17, 15) is 8.42 Å². The zero-order valence-corrected chi connectivity index (χ0v) is 13.3. The van der Waals surface area contributed by atoms with Crippen LogP contribution in [0.1, 0.15) is 31.6 Å². The monoisotopic (exact) mass is 339 g/mol. The molecular weight excluding hydrogens is 322 g/mol. The van der Waals surface area contributed by atoms with Crippen LogP contribution in [0.3, 0.4) is 0 Å². The Morgan fingerprint density at radius 1 is 1.41 bits per heavy atom. The predicted molar refractivity (Wildman–Crippen MR) is 76.5 cm³/mol. The third kappa shape index (κ3) is 4.69. The molecule has 1 unspecified atom stereocenters. The van der Waals surface area contributed by atoms with Crippen LogP contribution in [0, 0.1) is 0 Å². The lowest BCUT2D eigenvalue weighted by molar-refractivity contribution is 0.579. The zero-order valence-electron chi connectivity index (χ0n) is 10.1. The molecule has 6 heteroatoms. The Bertz CT molecular complexity index is 442. The topological polar surface area (TPSA) is 46.2 Å². The molecule has 0 fully saturated rings. The number of thiophene rings is 1. The smallest absolute Gasteiger partial charge is 0.210 e. The molecule has 0 saturated carbocycles. The van der Waals surface area contributed by atoms with Gasteiger partial charge in [0.05, 0.1) is 0 Å². The quantitative estimate of drug-likeness (QED) is 0.775. The normalized spacial score (nSPS) is 13.8. The summed E-state index contributed by atoms with van der Waals surface area (Å²) in [5.74, 6) is 0. The van der Waals surface area contributed by atoms with Crippen molar-refractivity contribution in [1.82, 2.24) is 4.72 Å². The maximum atomic E-state index is 11.9. The highest BCUT2D eigenvalue weighted by atomic mass is 79.9. The van der Waals surface area contributed by atoms with Gasteiger partial charge in [-0.15, -0.1) is 11.3 Å². The lowest BCUT2D eigenvalue weighted by atomic mass is 10.2. The SMILES string of the molecule is CCc1ccc(S(=O)(=O)NCCC(Br)CC)s1. The number of alkyl halides is 1. The van der Waals surface area contributed by atoms with Gasteiger partial charge in [0.1, 0.15) is 4.21 Å². The number of nitrogens with one attached hydrogen (secondary N) is 1. The third-order valence-corrected chi connectivity index (χ3v) is 6.73. The van der Waals surface area contributed by atoms with E-state index in [4.69, 9.17) is 0 Å². The number of hydrogen-bond acceptors (Lipinski definition) is 3. The van der Waals surface area contributed by atoms with Crippen molar-refractivity contribution in [3.63, 3.8) is 0 Å². The summed E-state index contributed by atoms with van der Waals surface area (Å²) in [6.45, 7) is 4.57. The first-order valence-electron chi connectivity index (χ1n) is 5.72. The Balaban J connectivity index is 2.56. The van der Waals surface area contributed by atoms with Gasteiger partial charge in [-0.2, -0.15) is 0 Å². The largest absolute Gasteiger partial charge is 0.250 e. The van der Waals surface area contributed by atoms with Crippen molar-refractivity contribution in [2.24, 2.45) is 0 Å². The van der Waals surface area contributed by atoms with Gasteiger partial charge in [-0.1, -0.05) is 29.8 Å². The predicted octanol–water partition coefficient (Wildman–Crippen LogP) is 3.15. The van der Waals surface area contributed by atoms with E-state index in [1.54, 1.807) is 6.07 Å². The second kappa shape index (κ2) is 6.87. The maximum Gasteiger partial charge on any atom is 0.250 e. The van der Waals surface area contributed by atoms with Crippen molar-refractivity contribution in [1.29, 1.82) is 0 Å². The first kappa shape index (κ1) is 15.1. The zero-order chi connectivity index (χ0) is 12.9. The van der Waals surface area contributed by atoms with Crippen LogP contribution in [0.2, 0.25) is 0 Å². The van der Waals surface area contributed by atoms with Crippen LogP contribution < -0.4 is 4.72 Å². The summed E-state index contributed by atoms with van der Waals surface area (Å²) in [4.78, 5) is 1.47. The second-order valence-electron chi connectivity index (χ2n) is 3.77. The van der Waals surface area contributed by atoms with E-state index in [0.717, 1.165) is 24.1 Å². The van der Waals surface area contributed by atoms with E-state index in [0.29, 0.717) is 15.6 Å². The van der Waals surface area contributed by atoms with E-state index in [-0.39, 0.29) is 0 Å². The molecule has 0 amide bonds. The molecule has 0 radical (unpaired) electrons. The maximum absolute atomic E-state index is 11.9. The van der Waals surface area contributed by atoms with Gasteiger partial charge in [-0.05, 0) is 31.4 Å². The molecule has 1 atom stereocenters. The Morgan fingerprint density at radius 3 is 2.65 bits per heavy atom. The van der Waals surface area contributed by atoms with Gasteiger partial charge in [0, 0.05) is 16.2 Å². The van der Waals surface area contributed by atoms with Crippen molar-refractivity contribution in [3.8, 4) is 0 Å². The van der Waals surface area contributed by atoms with Gasteiger partial charge >= 0.3 is 0 Å². The molecule has 1 aromatic rings. The van der Waals surface area contributed by atoms with E-state index in [1.165, 1.54) is 11.3 Å². The molecule has 0 aliphatic heterocycles. The molecule has 1 N–H and O–H groups in total. The fourth-order valence-electron chi connectivity index (χ4n) is 1.32. The minimum Gasteiger partial charge on any atom is -0.210 e. The van der Waals surface area contributed by atoms with E-state index >= 15 is 0 Å². The number of hydrogen-bond donors (Lipinski definition) is 1. The Labute approximate surface area is 116 Å². The van der Waals surface area contributed by atoms with Crippen LogP contribution in [-0.2, 0) is 16.4 Å². The van der Waals surface area contributed by atoms with Crippen molar-refractivity contribution in [3.05, 3.63) is 17.0 Å². The van der Waals surface area contributed by atoms with Crippen molar-refractivity contribution in [2.45, 2.75) is 42.1 Å². The lowest BCUT2D eigenvalue weighted by Crippen LogP contribution is -2.25. The van der Waals surface area contributed by atoms with Crippen molar-refractivity contribution < 1.29 is 8.42 Å². The van der Waals surface area contributed by atoms with Crippen LogP contribution in [0.25, 0.3) is 0 Å². The summed E-state index contributed by atoms with van der Waals surface area (Å²) in [7, 11) is -3.31. The Morgan fingerprint density at radius 2 is 2.12 bits per heavy atom. The average Bonchev–Trinajstić information content (AvgIpc) is 2.77. The molecule has 0 spiro atoms. The fourth-order valence-corrected chi connectivity index (χ4v) is 3.93. The molecule has 0 aliphatic rings.